The highest BCUT2D eigenvalue weighted by Crippen LogP contribution is 2.29. The predicted octanol–water partition coefficient (Wildman–Crippen LogP) is 4.15. The lowest BCUT2D eigenvalue weighted by Gasteiger charge is -2.40. The highest BCUT2D eigenvalue weighted by molar-refractivity contribution is 9.10. The van der Waals surface area contributed by atoms with Crippen molar-refractivity contribution in [2.24, 2.45) is 5.92 Å². The molecule has 10 heteroatoms. The number of benzene rings is 1. The zero-order valence-electron chi connectivity index (χ0n) is 19.4. The molecule has 2 aliphatic rings. The van der Waals surface area contributed by atoms with E-state index in [1.165, 1.54) is 0 Å². The Bertz CT molecular complexity index is 1110. The monoisotopic (exact) mass is 540 g/mol. The average molecular weight is 542 g/mol. The normalized spacial score (nSPS) is 19.7. The Morgan fingerprint density at radius 3 is 2.67 bits per heavy atom. The summed E-state index contributed by atoms with van der Waals surface area (Å²) in [5.41, 5.74) is 0.458. The first-order chi connectivity index (χ1) is 15.5. The van der Waals surface area contributed by atoms with Crippen molar-refractivity contribution in [2.75, 3.05) is 33.3 Å². The number of amides is 1. The summed E-state index contributed by atoms with van der Waals surface area (Å²) >= 11 is 9.77. The van der Waals surface area contributed by atoms with Crippen LogP contribution < -0.4 is 10.3 Å². The summed E-state index contributed by atoms with van der Waals surface area (Å²) in [6.45, 7) is 8.48. The molecule has 33 heavy (non-hydrogen) atoms. The molecule has 0 spiro atoms. The van der Waals surface area contributed by atoms with Gasteiger partial charge in [0.25, 0.3) is 5.88 Å². The van der Waals surface area contributed by atoms with E-state index in [0.717, 1.165) is 19.4 Å². The maximum atomic E-state index is 13.3. The van der Waals surface area contributed by atoms with Crippen molar-refractivity contribution in [2.45, 2.75) is 51.8 Å². The van der Waals surface area contributed by atoms with Crippen LogP contribution in [0.4, 0.5) is 4.79 Å². The first-order valence-corrected chi connectivity index (χ1v) is 12.4. The molecule has 2 fully saturated rings. The Kier molecular flexibility index (Phi) is 6.94. The number of halogens is 2. The second kappa shape index (κ2) is 9.43. The van der Waals surface area contributed by atoms with Crippen LogP contribution in [0.2, 0.25) is 5.02 Å². The summed E-state index contributed by atoms with van der Waals surface area (Å²) in [5, 5.41) is 0.502. The van der Waals surface area contributed by atoms with E-state index in [0.29, 0.717) is 46.8 Å². The van der Waals surface area contributed by atoms with Crippen LogP contribution in [-0.2, 0) is 11.3 Å². The summed E-state index contributed by atoms with van der Waals surface area (Å²) in [6.07, 6.45) is 1.84. The summed E-state index contributed by atoms with van der Waals surface area (Å²) in [6, 6.07) is 3.82. The Hall–Kier alpha value is -1.84. The lowest BCUT2D eigenvalue weighted by Crippen LogP contribution is -2.53. The van der Waals surface area contributed by atoms with Crippen molar-refractivity contribution in [3.8, 4) is 5.88 Å². The number of nitrogens with zero attached hydrogens (tertiary/aromatic N) is 4. The van der Waals surface area contributed by atoms with Crippen molar-refractivity contribution >= 4 is 44.7 Å². The molecular formula is C23H30BrClN4O4. The van der Waals surface area contributed by atoms with Crippen molar-refractivity contribution in [1.29, 1.82) is 0 Å². The smallest absolute Gasteiger partial charge is 0.410 e. The van der Waals surface area contributed by atoms with Crippen molar-refractivity contribution in [3.05, 3.63) is 32.0 Å². The van der Waals surface area contributed by atoms with Gasteiger partial charge in [-0.3, -0.25) is 4.79 Å². The van der Waals surface area contributed by atoms with Crippen molar-refractivity contribution < 1.29 is 14.3 Å². The molecule has 1 aromatic carbocycles. The number of fused-ring (bicyclic) bond motifs is 1. The highest BCUT2D eigenvalue weighted by Gasteiger charge is 2.34. The van der Waals surface area contributed by atoms with Gasteiger partial charge in [-0.2, -0.15) is 0 Å². The molecule has 1 atom stereocenters. The van der Waals surface area contributed by atoms with Crippen molar-refractivity contribution in [3.63, 3.8) is 0 Å². The first kappa shape index (κ1) is 24.3. The molecule has 0 aliphatic carbocycles. The molecule has 8 nitrogen and oxygen atoms in total. The zero-order valence-corrected chi connectivity index (χ0v) is 21.8. The maximum Gasteiger partial charge on any atom is 0.410 e. The average Bonchev–Trinajstić information content (AvgIpc) is 3.09. The number of aromatic nitrogens is 2. The van der Waals surface area contributed by atoms with Gasteiger partial charge in [0.15, 0.2) is 0 Å². The topological polar surface area (TPSA) is 76.9 Å². The molecule has 4 rings (SSSR count). The van der Waals surface area contributed by atoms with Gasteiger partial charge in [0, 0.05) is 36.1 Å². The molecule has 0 unspecified atom stereocenters. The lowest BCUT2D eigenvalue weighted by molar-refractivity contribution is -0.00333. The minimum Gasteiger partial charge on any atom is -0.472 e. The second-order valence-electron chi connectivity index (χ2n) is 9.93. The van der Waals surface area contributed by atoms with Crippen LogP contribution in [0, 0.1) is 5.92 Å². The fourth-order valence-corrected chi connectivity index (χ4v) is 4.76. The van der Waals surface area contributed by atoms with E-state index in [4.69, 9.17) is 21.1 Å². The lowest BCUT2D eigenvalue weighted by atomic mass is 10.0. The van der Waals surface area contributed by atoms with Crippen LogP contribution in [0.5, 0.6) is 5.88 Å². The van der Waals surface area contributed by atoms with E-state index >= 15 is 0 Å². The maximum absolute atomic E-state index is 13.3. The van der Waals surface area contributed by atoms with E-state index in [1.54, 1.807) is 21.6 Å². The molecule has 180 valence electrons. The van der Waals surface area contributed by atoms with Gasteiger partial charge in [0.05, 0.1) is 16.1 Å². The van der Waals surface area contributed by atoms with Crippen LogP contribution in [0.3, 0.4) is 0 Å². The Balaban J connectivity index is 1.56. The Morgan fingerprint density at radius 2 is 2.03 bits per heavy atom. The van der Waals surface area contributed by atoms with Crippen LogP contribution in [0.15, 0.2) is 21.4 Å². The molecule has 2 aromatic rings. The summed E-state index contributed by atoms with van der Waals surface area (Å²) in [7, 11) is 2.07. The molecule has 0 bridgehead atoms. The number of hydrogen-bond acceptors (Lipinski definition) is 6. The van der Waals surface area contributed by atoms with Crippen LogP contribution >= 0.6 is 27.5 Å². The van der Waals surface area contributed by atoms with Gasteiger partial charge in [-0.15, -0.1) is 0 Å². The number of rotatable bonds is 5. The number of ether oxygens (including phenoxy) is 2. The number of likely N-dealkylation sites (tertiary alicyclic amines) is 2. The SMILES string of the molecule is CN1CCC[C@H]1COc1nc2cc(Br)c(Cl)cc2n(CC2CN(C(=O)OC(C)(C)C)C2)c1=O. The van der Waals surface area contributed by atoms with Crippen LogP contribution in [-0.4, -0.2) is 70.4 Å². The number of likely N-dealkylation sites (N-methyl/N-ethyl adjacent to an activating group) is 1. The van der Waals surface area contributed by atoms with Gasteiger partial charge in [-0.25, -0.2) is 9.78 Å². The number of hydrogen-bond donors (Lipinski definition) is 0. The van der Waals surface area contributed by atoms with Gasteiger partial charge >= 0.3 is 11.7 Å². The van der Waals surface area contributed by atoms with E-state index in [-0.39, 0.29) is 29.5 Å². The van der Waals surface area contributed by atoms with Gasteiger partial charge in [0.2, 0.25) is 0 Å². The highest BCUT2D eigenvalue weighted by atomic mass is 79.9. The van der Waals surface area contributed by atoms with E-state index < -0.39 is 5.60 Å². The summed E-state index contributed by atoms with van der Waals surface area (Å²) < 4.78 is 13.7. The molecule has 0 N–H and O–H groups in total. The van der Waals surface area contributed by atoms with Crippen LogP contribution in [0.1, 0.15) is 33.6 Å². The zero-order chi connectivity index (χ0) is 23.9. The fraction of sp³-hybridized carbons (Fsp3) is 0.609. The molecule has 0 radical (unpaired) electrons. The van der Waals surface area contributed by atoms with Crippen LogP contribution in [0.25, 0.3) is 11.0 Å². The fourth-order valence-electron chi connectivity index (χ4n) is 4.27. The summed E-state index contributed by atoms with van der Waals surface area (Å²) in [5.74, 6) is 0.220. The van der Waals surface area contributed by atoms with Gasteiger partial charge in [-0.1, -0.05) is 11.6 Å². The quantitative estimate of drug-likeness (QED) is 0.566. The van der Waals surface area contributed by atoms with Gasteiger partial charge in [0.1, 0.15) is 12.2 Å². The number of carbonyl (C=O) groups excluding carboxylic acids is 1. The first-order valence-electron chi connectivity index (χ1n) is 11.2. The third-order valence-corrected chi connectivity index (χ3v) is 7.29. The molecule has 2 aliphatic heterocycles. The standard InChI is InChI=1S/C23H30BrClN4O4/c1-23(2,3)33-22(31)28-10-14(11-28)12-29-19-9-17(25)16(24)8-18(19)26-20(21(29)30)32-13-15-6-5-7-27(15)4/h8-9,14-15H,5-7,10-13H2,1-4H3/t15-/m0/s1. The molecule has 2 saturated heterocycles. The van der Waals surface area contributed by atoms with Gasteiger partial charge in [-0.05, 0) is 75.3 Å². The van der Waals surface area contributed by atoms with E-state index in [2.05, 4.69) is 32.9 Å². The Labute approximate surface area is 206 Å². The minimum absolute atomic E-state index is 0.0975. The van der Waals surface area contributed by atoms with E-state index in [9.17, 15) is 9.59 Å². The predicted molar refractivity (Wildman–Crippen MR) is 131 cm³/mol. The number of carbonyl (C=O) groups is 1. The van der Waals surface area contributed by atoms with Crippen molar-refractivity contribution in [1.82, 2.24) is 19.4 Å². The largest absolute Gasteiger partial charge is 0.472 e. The minimum atomic E-state index is -0.538. The van der Waals surface area contributed by atoms with Gasteiger partial charge < -0.3 is 23.8 Å². The second-order valence-corrected chi connectivity index (χ2v) is 11.2. The summed E-state index contributed by atoms with van der Waals surface area (Å²) in [4.78, 5) is 34.0. The Morgan fingerprint density at radius 1 is 1.30 bits per heavy atom. The molecule has 0 saturated carbocycles. The molecular weight excluding hydrogens is 512 g/mol. The molecule has 1 aromatic heterocycles. The third kappa shape index (κ3) is 5.46. The van der Waals surface area contributed by atoms with E-state index in [1.807, 2.05) is 20.8 Å². The molecule has 1 amide bonds. The molecule has 3 heterocycles. The third-order valence-electron chi connectivity index (χ3n) is 6.09.